The summed E-state index contributed by atoms with van der Waals surface area (Å²) in [6.07, 6.45) is 6.02. The number of carboxylic acid groups (broad SMARTS) is 1. The van der Waals surface area contributed by atoms with Gasteiger partial charge in [0.1, 0.15) is 6.54 Å². The van der Waals surface area contributed by atoms with Crippen LogP contribution in [0.15, 0.2) is 36.0 Å². The predicted octanol–water partition coefficient (Wildman–Crippen LogP) is 1.70. The van der Waals surface area contributed by atoms with Crippen LogP contribution in [0.3, 0.4) is 0 Å². The number of nitrogens with zero attached hydrogens (tertiary/aromatic N) is 3. The van der Waals surface area contributed by atoms with Crippen LogP contribution in [0.4, 0.5) is 0 Å². The number of hydrogen-bond acceptors (Lipinski definition) is 4. The number of carboxylic acids is 1. The van der Waals surface area contributed by atoms with E-state index in [1.807, 2.05) is 11.4 Å². The van der Waals surface area contributed by atoms with E-state index in [9.17, 15) is 9.59 Å². The summed E-state index contributed by atoms with van der Waals surface area (Å²) in [5.41, 5.74) is 0.973. The number of rotatable bonds is 6. The Morgan fingerprint density at radius 3 is 3.00 bits per heavy atom. The third-order valence-corrected chi connectivity index (χ3v) is 3.71. The van der Waals surface area contributed by atoms with E-state index in [0.29, 0.717) is 6.54 Å². The topological polar surface area (TPSA) is 75.4 Å². The standard InChI is InChI=1S/C14H15N3O3S/c1-16(13(18)9-17-6-2-5-15-17)8-11-7-12(21-10-11)3-4-14(19)20/h2-7,10H,8-9H2,1H3,(H,19,20). The van der Waals surface area contributed by atoms with Crippen LogP contribution in [0.1, 0.15) is 10.4 Å². The van der Waals surface area contributed by atoms with Crippen molar-refractivity contribution >= 4 is 29.3 Å². The number of amides is 1. The third kappa shape index (κ3) is 4.57. The van der Waals surface area contributed by atoms with Crippen molar-refractivity contribution in [2.75, 3.05) is 7.05 Å². The molecule has 2 aromatic heterocycles. The molecule has 1 N–H and O–H groups in total. The smallest absolute Gasteiger partial charge is 0.328 e. The van der Waals surface area contributed by atoms with Gasteiger partial charge in [-0.05, 0) is 29.2 Å². The largest absolute Gasteiger partial charge is 0.478 e. The molecule has 0 atom stereocenters. The van der Waals surface area contributed by atoms with Gasteiger partial charge >= 0.3 is 5.97 Å². The van der Waals surface area contributed by atoms with E-state index < -0.39 is 5.97 Å². The normalized spacial score (nSPS) is 10.9. The fourth-order valence-corrected chi connectivity index (χ4v) is 2.53. The second kappa shape index (κ2) is 6.85. The Morgan fingerprint density at radius 1 is 1.52 bits per heavy atom. The Labute approximate surface area is 125 Å². The monoisotopic (exact) mass is 305 g/mol. The van der Waals surface area contributed by atoms with Crippen molar-refractivity contribution in [2.24, 2.45) is 0 Å². The highest BCUT2D eigenvalue weighted by molar-refractivity contribution is 7.11. The van der Waals surface area contributed by atoms with Gasteiger partial charge in [0.05, 0.1) is 0 Å². The third-order valence-electron chi connectivity index (χ3n) is 2.77. The van der Waals surface area contributed by atoms with Gasteiger partial charge in [-0.15, -0.1) is 11.3 Å². The van der Waals surface area contributed by atoms with E-state index in [0.717, 1.165) is 16.5 Å². The molecule has 0 aliphatic rings. The van der Waals surface area contributed by atoms with Crippen molar-refractivity contribution in [1.82, 2.24) is 14.7 Å². The lowest BCUT2D eigenvalue weighted by Gasteiger charge is -2.16. The molecule has 0 saturated carbocycles. The maximum absolute atomic E-state index is 12.0. The first kappa shape index (κ1) is 15.0. The van der Waals surface area contributed by atoms with Gasteiger partial charge in [-0.3, -0.25) is 9.48 Å². The van der Waals surface area contributed by atoms with Crippen LogP contribution < -0.4 is 0 Å². The second-order valence-electron chi connectivity index (χ2n) is 4.48. The van der Waals surface area contributed by atoms with Gasteiger partial charge in [0.15, 0.2) is 0 Å². The average molecular weight is 305 g/mol. The van der Waals surface area contributed by atoms with Gasteiger partial charge in [0.25, 0.3) is 0 Å². The zero-order chi connectivity index (χ0) is 15.2. The van der Waals surface area contributed by atoms with E-state index in [1.165, 1.54) is 11.3 Å². The van der Waals surface area contributed by atoms with Crippen molar-refractivity contribution in [1.29, 1.82) is 0 Å². The molecule has 1 amide bonds. The average Bonchev–Trinajstić information content (AvgIpc) is 3.08. The van der Waals surface area contributed by atoms with E-state index in [2.05, 4.69) is 5.10 Å². The zero-order valence-electron chi connectivity index (χ0n) is 11.5. The van der Waals surface area contributed by atoms with Crippen molar-refractivity contribution in [3.63, 3.8) is 0 Å². The summed E-state index contributed by atoms with van der Waals surface area (Å²) in [7, 11) is 1.73. The summed E-state index contributed by atoms with van der Waals surface area (Å²) in [5, 5.41) is 14.5. The Balaban J connectivity index is 1.91. The van der Waals surface area contributed by atoms with Crippen LogP contribution >= 0.6 is 11.3 Å². The van der Waals surface area contributed by atoms with Crippen molar-refractivity contribution in [3.05, 3.63) is 46.4 Å². The van der Waals surface area contributed by atoms with Crippen molar-refractivity contribution in [3.8, 4) is 0 Å². The summed E-state index contributed by atoms with van der Waals surface area (Å²) < 4.78 is 1.58. The highest BCUT2D eigenvalue weighted by Gasteiger charge is 2.11. The Morgan fingerprint density at radius 2 is 2.33 bits per heavy atom. The lowest BCUT2D eigenvalue weighted by molar-refractivity contribution is -0.132. The minimum Gasteiger partial charge on any atom is -0.478 e. The first-order chi connectivity index (χ1) is 10.0. The van der Waals surface area contributed by atoms with Gasteiger partial charge < -0.3 is 10.0 Å². The summed E-state index contributed by atoms with van der Waals surface area (Å²) >= 11 is 1.44. The van der Waals surface area contributed by atoms with Gasteiger partial charge in [-0.1, -0.05) is 0 Å². The molecule has 6 nitrogen and oxygen atoms in total. The molecule has 2 rings (SSSR count). The minimum atomic E-state index is -0.975. The van der Waals surface area contributed by atoms with Crippen molar-refractivity contribution in [2.45, 2.75) is 13.1 Å². The molecule has 0 fully saturated rings. The summed E-state index contributed by atoms with van der Waals surface area (Å²) in [6.45, 7) is 0.691. The molecule has 0 aliphatic heterocycles. The van der Waals surface area contributed by atoms with Crippen molar-refractivity contribution < 1.29 is 14.7 Å². The first-order valence-corrected chi connectivity index (χ1v) is 7.12. The van der Waals surface area contributed by atoms with Gasteiger partial charge in [0, 0.05) is 36.9 Å². The van der Waals surface area contributed by atoms with E-state index in [4.69, 9.17) is 5.11 Å². The molecule has 21 heavy (non-hydrogen) atoms. The van der Waals surface area contributed by atoms with E-state index in [-0.39, 0.29) is 12.5 Å². The van der Waals surface area contributed by atoms with E-state index in [1.54, 1.807) is 41.2 Å². The van der Waals surface area contributed by atoms with Gasteiger partial charge in [-0.2, -0.15) is 5.10 Å². The van der Waals surface area contributed by atoms with Gasteiger partial charge in [-0.25, -0.2) is 4.79 Å². The fourth-order valence-electron chi connectivity index (χ4n) is 1.73. The molecular weight excluding hydrogens is 290 g/mol. The maximum Gasteiger partial charge on any atom is 0.328 e. The molecule has 2 aromatic rings. The Hall–Kier alpha value is -2.41. The van der Waals surface area contributed by atoms with Crippen LogP contribution in [0, 0.1) is 0 Å². The zero-order valence-corrected chi connectivity index (χ0v) is 12.3. The highest BCUT2D eigenvalue weighted by atomic mass is 32.1. The minimum absolute atomic E-state index is 0.0347. The lowest BCUT2D eigenvalue weighted by Crippen LogP contribution is -2.29. The fraction of sp³-hybridized carbons (Fsp3) is 0.214. The molecule has 0 aliphatic carbocycles. The molecule has 7 heteroatoms. The SMILES string of the molecule is CN(Cc1csc(C=CC(=O)O)c1)C(=O)Cn1cccn1. The van der Waals surface area contributed by atoms with Crippen LogP contribution in [-0.4, -0.2) is 38.7 Å². The molecule has 0 spiro atoms. The molecular formula is C14H15N3O3S. The van der Waals surface area contributed by atoms with Gasteiger partial charge in [0.2, 0.25) is 5.91 Å². The molecule has 110 valence electrons. The molecule has 0 bridgehead atoms. The molecule has 0 saturated heterocycles. The Kier molecular flexibility index (Phi) is 4.89. The van der Waals surface area contributed by atoms with Crippen LogP contribution in [-0.2, 0) is 22.7 Å². The summed E-state index contributed by atoms with van der Waals surface area (Å²) in [5.74, 6) is -1.01. The molecule has 0 radical (unpaired) electrons. The number of aromatic nitrogens is 2. The number of likely N-dealkylation sites (N-methyl/N-ethyl adjacent to an activating group) is 1. The summed E-state index contributed by atoms with van der Waals surface area (Å²) in [4.78, 5) is 24.9. The number of hydrogen-bond donors (Lipinski definition) is 1. The first-order valence-electron chi connectivity index (χ1n) is 6.24. The lowest BCUT2D eigenvalue weighted by atomic mass is 10.3. The van der Waals surface area contributed by atoms with Crippen LogP contribution in [0.2, 0.25) is 0 Å². The Bertz CT molecular complexity index is 646. The maximum atomic E-state index is 12.0. The number of aliphatic carboxylic acids is 1. The predicted molar refractivity (Wildman–Crippen MR) is 79.7 cm³/mol. The highest BCUT2D eigenvalue weighted by Crippen LogP contribution is 2.17. The summed E-state index contributed by atoms with van der Waals surface area (Å²) in [6, 6.07) is 3.65. The van der Waals surface area contributed by atoms with E-state index >= 15 is 0 Å². The number of carbonyl (C=O) groups excluding carboxylic acids is 1. The second-order valence-corrected chi connectivity index (χ2v) is 5.43. The molecule has 0 unspecified atom stereocenters. The number of thiophene rings is 1. The van der Waals surface area contributed by atoms with Crippen LogP contribution in [0.5, 0.6) is 0 Å². The quantitative estimate of drug-likeness (QED) is 0.824. The molecule has 0 aromatic carbocycles. The molecule has 2 heterocycles. The number of carbonyl (C=O) groups is 2. The van der Waals surface area contributed by atoms with Crippen LogP contribution in [0.25, 0.3) is 6.08 Å².